The molecule has 1 aromatic carbocycles. The van der Waals surface area contributed by atoms with E-state index in [-0.39, 0.29) is 22.0 Å². The highest BCUT2D eigenvalue weighted by Crippen LogP contribution is 2.34. The summed E-state index contributed by atoms with van der Waals surface area (Å²) in [7, 11) is 1.12. The van der Waals surface area contributed by atoms with Crippen LogP contribution in [0.3, 0.4) is 0 Å². The van der Waals surface area contributed by atoms with E-state index in [0.29, 0.717) is 11.1 Å². The minimum Gasteiger partial charge on any atom is -0.462 e. The molecule has 1 aromatic heterocycles. The number of methoxy groups -OCH3 is 1. The largest absolute Gasteiger partial charge is 0.462 e. The van der Waals surface area contributed by atoms with Gasteiger partial charge in [0.1, 0.15) is 9.88 Å². The van der Waals surface area contributed by atoms with Gasteiger partial charge in [0.15, 0.2) is 0 Å². The average molecular weight is 451 g/mol. The molecule has 1 heterocycles. The van der Waals surface area contributed by atoms with Gasteiger partial charge in [-0.25, -0.2) is 9.59 Å². The lowest BCUT2D eigenvalue weighted by atomic mass is 10.1. The molecule has 160 valence electrons. The molecule has 8 nitrogen and oxygen atoms in total. The first-order valence-electron chi connectivity index (χ1n) is 9.06. The van der Waals surface area contributed by atoms with Gasteiger partial charge in [-0.05, 0) is 49.4 Å². The van der Waals surface area contributed by atoms with Crippen molar-refractivity contribution in [1.82, 2.24) is 5.32 Å². The number of amides is 3. The molecule has 0 aliphatic carbocycles. The van der Waals surface area contributed by atoms with Gasteiger partial charge >= 0.3 is 12.1 Å². The molecule has 0 unspecified atom stereocenters. The van der Waals surface area contributed by atoms with Crippen LogP contribution in [0, 0.1) is 6.92 Å². The fraction of sp³-hybridized carbons (Fsp3) is 0.300. The molecule has 0 bridgehead atoms. The Hall–Kier alpha value is -2.85. The summed E-state index contributed by atoms with van der Waals surface area (Å²) in [5, 5.41) is 4.84. The molecular formula is C20H22N2O6S2. The van der Waals surface area contributed by atoms with Gasteiger partial charge in [-0.15, -0.1) is 23.1 Å². The number of esters is 1. The van der Waals surface area contributed by atoms with Gasteiger partial charge in [0, 0.05) is 10.5 Å². The van der Waals surface area contributed by atoms with E-state index in [1.165, 1.54) is 0 Å². The van der Waals surface area contributed by atoms with E-state index in [1.807, 2.05) is 24.4 Å². The Balaban J connectivity index is 2.37. The zero-order valence-corrected chi connectivity index (χ0v) is 18.6. The van der Waals surface area contributed by atoms with E-state index in [0.717, 1.165) is 29.1 Å². The van der Waals surface area contributed by atoms with Crippen LogP contribution in [0.2, 0.25) is 0 Å². The molecular weight excluding hydrogens is 428 g/mol. The number of ether oxygens (including phenoxy) is 2. The van der Waals surface area contributed by atoms with E-state index in [4.69, 9.17) is 4.74 Å². The van der Waals surface area contributed by atoms with Crippen molar-refractivity contribution in [2.24, 2.45) is 0 Å². The van der Waals surface area contributed by atoms with Crippen molar-refractivity contribution in [2.45, 2.75) is 25.7 Å². The third-order valence-electron chi connectivity index (χ3n) is 3.89. The van der Waals surface area contributed by atoms with Crippen LogP contribution in [0.15, 0.2) is 29.2 Å². The van der Waals surface area contributed by atoms with Gasteiger partial charge in [0.25, 0.3) is 11.8 Å². The number of nitrogens with one attached hydrogen (secondary N) is 2. The quantitative estimate of drug-likeness (QED) is 0.483. The Morgan fingerprint density at radius 2 is 1.73 bits per heavy atom. The Labute approximate surface area is 182 Å². The first-order valence-corrected chi connectivity index (χ1v) is 10.9. The van der Waals surface area contributed by atoms with Crippen LogP contribution in [0.1, 0.15) is 49.8 Å². The Morgan fingerprint density at radius 3 is 2.30 bits per heavy atom. The van der Waals surface area contributed by atoms with E-state index in [1.54, 1.807) is 37.7 Å². The van der Waals surface area contributed by atoms with Crippen LogP contribution in [-0.2, 0) is 9.47 Å². The van der Waals surface area contributed by atoms with Crippen LogP contribution in [0.4, 0.5) is 9.80 Å². The zero-order valence-electron chi connectivity index (χ0n) is 17.0. The number of thioether (sulfide) groups is 1. The van der Waals surface area contributed by atoms with Crippen molar-refractivity contribution in [3.8, 4) is 0 Å². The maximum absolute atomic E-state index is 12.7. The second-order valence-corrected chi connectivity index (χ2v) is 8.20. The predicted molar refractivity (Wildman–Crippen MR) is 116 cm³/mol. The molecule has 0 fully saturated rings. The van der Waals surface area contributed by atoms with Gasteiger partial charge in [0.2, 0.25) is 0 Å². The number of carbonyl (C=O) groups is 4. The number of thiophene rings is 1. The van der Waals surface area contributed by atoms with Gasteiger partial charge < -0.3 is 14.8 Å². The van der Waals surface area contributed by atoms with E-state index in [2.05, 4.69) is 10.1 Å². The summed E-state index contributed by atoms with van der Waals surface area (Å²) in [5.41, 5.74) is 0.684. The van der Waals surface area contributed by atoms with Crippen LogP contribution in [0.25, 0.3) is 0 Å². The van der Waals surface area contributed by atoms with Crippen molar-refractivity contribution in [2.75, 3.05) is 24.8 Å². The zero-order chi connectivity index (χ0) is 22.3. The Bertz CT molecular complexity index is 953. The third-order valence-corrected chi connectivity index (χ3v) is 5.97. The van der Waals surface area contributed by atoms with E-state index >= 15 is 0 Å². The summed E-state index contributed by atoms with van der Waals surface area (Å²) < 4.78 is 9.47. The summed E-state index contributed by atoms with van der Waals surface area (Å²) in [4.78, 5) is 50.2. The van der Waals surface area contributed by atoms with Crippen molar-refractivity contribution < 1.29 is 28.7 Å². The second-order valence-electron chi connectivity index (χ2n) is 5.84. The van der Waals surface area contributed by atoms with E-state index in [9.17, 15) is 19.2 Å². The summed E-state index contributed by atoms with van der Waals surface area (Å²) >= 11 is 2.56. The first-order chi connectivity index (χ1) is 14.3. The normalized spacial score (nSPS) is 10.3. The first kappa shape index (κ1) is 23.4. The second kappa shape index (κ2) is 10.8. The molecule has 2 aromatic rings. The summed E-state index contributed by atoms with van der Waals surface area (Å²) in [6.45, 7) is 5.40. The lowest BCUT2D eigenvalue weighted by molar-refractivity contribution is 0.0531. The smallest absolute Gasteiger partial charge is 0.413 e. The highest BCUT2D eigenvalue weighted by molar-refractivity contribution is 7.99. The number of alkyl carbamates (subject to hydrolysis) is 1. The van der Waals surface area contributed by atoms with Gasteiger partial charge in [-0.1, -0.05) is 6.92 Å². The van der Waals surface area contributed by atoms with Crippen molar-refractivity contribution >= 4 is 52.0 Å². The Morgan fingerprint density at radius 1 is 1.07 bits per heavy atom. The molecule has 0 radical (unpaired) electrons. The predicted octanol–water partition coefficient (Wildman–Crippen LogP) is 4.09. The maximum Gasteiger partial charge on any atom is 0.413 e. The topological polar surface area (TPSA) is 111 Å². The lowest BCUT2D eigenvalue weighted by Crippen LogP contribution is -2.31. The molecule has 0 aliphatic heterocycles. The molecule has 0 spiro atoms. The van der Waals surface area contributed by atoms with Crippen LogP contribution in [-0.4, -0.2) is 43.3 Å². The fourth-order valence-electron chi connectivity index (χ4n) is 2.52. The molecule has 0 aliphatic rings. The summed E-state index contributed by atoms with van der Waals surface area (Å²) in [6, 6.07) is 7.01. The Kier molecular flexibility index (Phi) is 8.43. The highest BCUT2D eigenvalue weighted by Gasteiger charge is 2.27. The third kappa shape index (κ3) is 5.61. The molecule has 2 rings (SSSR count). The lowest BCUT2D eigenvalue weighted by Gasteiger charge is -2.08. The van der Waals surface area contributed by atoms with Crippen LogP contribution < -0.4 is 10.6 Å². The number of benzene rings is 1. The molecule has 3 amide bonds. The van der Waals surface area contributed by atoms with Gasteiger partial charge in [-0.2, -0.15) is 0 Å². The average Bonchev–Trinajstić information content (AvgIpc) is 3.04. The molecule has 0 atom stereocenters. The van der Waals surface area contributed by atoms with Crippen molar-refractivity contribution in [3.05, 3.63) is 45.8 Å². The minimum absolute atomic E-state index is 0.0000354. The fourth-order valence-corrected chi connectivity index (χ4v) is 4.27. The van der Waals surface area contributed by atoms with Gasteiger partial charge in [-0.3, -0.25) is 14.9 Å². The van der Waals surface area contributed by atoms with Gasteiger partial charge in [0.05, 0.1) is 19.3 Å². The van der Waals surface area contributed by atoms with Crippen molar-refractivity contribution in [1.29, 1.82) is 0 Å². The van der Waals surface area contributed by atoms with E-state index < -0.39 is 23.9 Å². The van der Waals surface area contributed by atoms with Crippen molar-refractivity contribution in [3.63, 3.8) is 0 Å². The number of rotatable bonds is 7. The van der Waals surface area contributed by atoms with Crippen LogP contribution in [0.5, 0.6) is 0 Å². The molecule has 0 saturated carbocycles. The standard InChI is InChI=1S/C20H22N2O6S2/c1-5-28-19(25)15-11(3)14(17(24)22-20(26)27-4)18(30-15)21-16(23)12-7-9-13(10-8-12)29-6-2/h7-10H,5-6H2,1-4H3,(H,21,23)(H,22,24,26). The number of anilines is 1. The summed E-state index contributed by atoms with van der Waals surface area (Å²) in [5.74, 6) is -0.952. The monoisotopic (exact) mass is 450 g/mol. The number of hydrogen-bond donors (Lipinski definition) is 2. The molecule has 0 saturated heterocycles. The highest BCUT2D eigenvalue weighted by atomic mass is 32.2. The summed E-state index contributed by atoms with van der Waals surface area (Å²) in [6.07, 6.45) is -0.954. The maximum atomic E-state index is 12.7. The molecule has 10 heteroatoms. The number of hydrogen-bond acceptors (Lipinski definition) is 8. The van der Waals surface area contributed by atoms with Crippen LogP contribution >= 0.6 is 23.1 Å². The SMILES string of the molecule is CCOC(=O)c1sc(NC(=O)c2ccc(SCC)cc2)c(C(=O)NC(=O)OC)c1C. The molecule has 2 N–H and O–H groups in total. The number of carbonyl (C=O) groups excluding carboxylic acids is 4. The molecule has 30 heavy (non-hydrogen) atoms. The number of imide groups is 1. The minimum atomic E-state index is -0.954.